The Morgan fingerprint density at radius 2 is 0.672 bits per heavy atom. The summed E-state index contributed by atoms with van der Waals surface area (Å²) in [5.74, 6) is 2.46. The van der Waals surface area contributed by atoms with Crippen LogP contribution in [0.3, 0.4) is 0 Å². The van der Waals surface area contributed by atoms with Gasteiger partial charge in [-0.1, -0.05) is 0 Å². The van der Waals surface area contributed by atoms with E-state index >= 15 is 0 Å². The van der Waals surface area contributed by atoms with Crippen LogP contribution in [0.1, 0.15) is 188 Å². The summed E-state index contributed by atoms with van der Waals surface area (Å²) in [5.41, 5.74) is -0.444. The second-order valence-corrected chi connectivity index (χ2v) is 26.0. The lowest BCUT2D eigenvalue weighted by Gasteiger charge is -2.55. The molecule has 0 bridgehead atoms. The molecular weight excluding hydrogens is 761 g/mol. The number of hydrogen-bond donors (Lipinski definition) is 4. The molecule has 1 aromatic rings. The highest BCUT2D eigenvalue weighted by Gasteiger charge is 2.49. The number of ether oxygens (including phenoxy) is 2. The van der Waals surface area contributed by atoms with Gasteiger partial charge in [0.25, 0.3) is 0 Å². The summed E-state index contributed by atoms with van der Waals surface area (Å²) in [6.07, 6.45) is 12.6. The second-order valence-electron chi connectivity index (χ2n) is 26.0. The maximum Gasteiger partial charge on any atom is 0.232 e. The molecule has 0 radical (unpaired) electrons. The highest BCUT2D eigenvalue weighted by atomic mass is 16.5. The van der Waals surface area contributed by atoms with Crippen LogP contribution < -0.4 is 36.0 Å². The molecule has 61 heavy (non-hydrogen) atoms. The van der Waals surface area contributed by atoms with Crippen molar-refractivity contribution in [2.24, 2.45) is 0 Å². The van der Waals surface area contributed by atoms with E-state index in [-0.39, 0.29) is 80.7 Å². The first-order chi connectivity index (χ1) is 28.0. The van der Waals surface area contributed by atoms with Crippen LogP contribution in [0.15, 0.2) is 0 Å². The summed E-state index contributed by atoms with van der Waals surface area (Å²) in [6, 6.07) is 0.916. The van der Waals surface area contributed by atoms with Gasteiger partial charge in [-0.2, -0.15) is 15.0 Å². The Labute approximate surface area is 372 Å². The molecule has 2 unspecified atom stereocenters. The summed E-state index contributed by atoms with van der Waals surface area (Å²) >= 11 is 0. The van der Waals surface area contributed by atoms with E-state index in [4.69, 9.17) is 24.4 Å². The monoisotopic (exact) mass is 851 g/mol. The van der Waals surface area contributed by atoms with Gasteiger partial charge in [0, 0.05) is 94.8 Å². The SMILES string of the molecule is CC1(C)CC(N(CC2CCCO2)c2nc(N(CC3CCCO3)C3CC(C)(C)NC(C)(C)C3)nc(N(C3CC(C)(C)NC(C)(C)C3)C3CC(C)(C)NC(C)(C)C3)n2)CC(C)(C)N1. The van der Waals surface area contributed by atoms with E-state index in [2.05, 4.69) is 147 Å². The average molecular weight is 851 g/mol. The first kappa shape index (κ1) is 47.1. The first-order valence-corrected chi connectivity index (χ1v) is 24.5. The van der Waals surface area contributed by atoms with E-state index in [0.29, 0.717) is 0 Å². The minimum atomic E-state index is -0.0580. The lowest BCUT2D eigenvalue weighted by molar-refractivity contribution is 0.103. The molecule has 7 heterocycles. The summed E-state index contributed by atoms with van der Waals surface area (Å²) in [4.78, 5) is 25.4. The Kier molecular flexibility index (Phi) is 12.8. The molecule has 0 spiro atoms. The molecule has 6 saturated heterocycles. The summed E-state index contributed by atoms with van der Waals surface area (Å²) < 4.78 is 13.0. The van der Waals surface area contributed by atoms with Gasteiger partial charge in [-0.25, -0.2) is 0 Å². The summed E-state index contributed by atoms with van der Waals surface area (Å²) in [6.45, 7) is 41.2. The molecule has 1 aromatic heterocycles. The predicted octanol–water partition coefficient (Wildman–Crippen LogP) is 7.89. The van der Waals surface area contributed by atoms with Crippen molar-refractivity contribution in [3.05, 3.63) is 0 Å². The number of nitrogens with one attached hydrogen (secondary N) is 4. The Morgan fingerprint density at radius 1 is 0.410 bits per heavy atom. The highest BCUT2D eigenvalue weighted by Crippen LogP contribution is 2.42. The van der Waals surface area contributed by atoms with Crippen molar-refractivity contribution in [1.29, 1.82) is 0 Å². The Morgan fingerprint density at radius 3 is 0.934 bits per heavy atom. The van der Waals surface area contributed by atoms with Gasteiger partial charge in [-0.3, -0.25) is 0 Å². The van der Waals surface area contributed by atoms with Crippen molar-refractivity contribution in [2.45, 2.75) is 269 Å². The van der Waals surface area contributed by atoms with E-state index in [9.17, 15) is 0 Å². The van der Waals surface area contributed by atoms with Crippen LogP contribution in [0.25, 0.3) is 0 Å². The number of aromatic nitrogens is 3. The number of nitrogens with zero attached hydrogens (tertiary/aromatic N) is 6. The van der Waals surface area contributed by atoms with Gasteiger partial charge in [0.05, 0.1) is 12.2 Å². The fourth-order valence-corrected chi connectivity index (χ4v) is 14.1. The van der Waals surface area contributed by atoms with Gasteiger partial charge in [0.15, 0.2) is 0 Å². The second kappa shape index (κ2) is 16.6. The minimum absolute atomic E-state index is 0.0530. The van der Waals surface area contributed by atoms with Crippen molar-refractivity contribution >= 4 is 17.8 Å². The lowest BCUT2D eigenvalue weighted by Crippen LogP contribution is -2.67. The normalized spacial score (nSPS) is 30.9. The molecule has 0 saturated carbocycles. The predicted molar refractivity (Wildman–Crippen MR) is 252 cm³/mol. The zero-order valence-corrected chi connectivity index (χ0v) is 41.8. The fourth-order valence-electron chi connectivity index (χ4n) is 14.1. The molecule has 6 aliphatic heterocycles. The molecule has 2 atom stereocenters. The number of rotatable bonds is 11. The molecule has 0 amide bonds. The van der Waals surface area contributed by atoms with E-state index < -0.39 is 0 Å². The van der Waals surface area contributed by atoms with Crippen molar-refractivity contribution < 1.29 is 9.47 Å². The zero-order chi connectivity index (χ0) is 44.6. The van der Waals surface area contributed by atoms with Gasteiger partial charge in [-0.15, -0.1) is 0 Å². The molecule has 6 fully saturated rings. The topological polar surface area (TPSA) is 115 Å². The Hall–Kier alpha value is -1.83. The third-order valence-corrected chi connectivity index (χ3v) is 14.5. The van der Waals surface area contributed by atoms with E-state index in [1.165, 1.54) is 0 Å². The molecule has 0 aliphatic carbocycles. The van der Waals surface area contributed by atoms with Crippen LogP contribution in [-0.4, -0.2) is 122 Å². The zero-order valence-electron chi connectivity index (χ0n) is 41.8. The van der Waals surface area contributed by atoms with E-state index in [1.54, 1.807) is 0 Å². The molecule has 12 heteroatoms. The lowest BCUT2D eigenvalue weighted by atomic mass is 9.75. The minimum Gasteiger partial charge on any atom is -0.376 e. The maximum absolute atomic E-state index is 6.48. The molecule has 7 rings (SSSR count). The van der Waals surface area contributed by atoms with Gasteiger partial charge in [0.1, 0.15) is 0 Å². The van der Waals surface area contributed by atoms with E-state index in [1.807, 2.05) is 0 Å². The molecule has 6 aliphatic rings. The fraction of sp³-hybridized carbons (Fsp3) is 0.939. The Balaban J connectivity index is 1.46. The molecular formula is C49H90N10O2. The number of anilines is 3. The van der Waals surface area contributed by atoms with Gasteiger partial charge >= 0.3 is 0 Å². The van der Waals surface area contributed by atoms with Crippen molar-refractivity contribution in [2.75, 3.05) is 41.0 Å². The molecule has 4 N–H and O–H groups in total. The van der Waals surface area contributed by atoms with Crippen LogP contribution in [0.4, 0.5) is 17.8 Å². The largest absolute Gasteiger partial charge is 0.376 e. The van der Waals surface area contributed by atoms with Crippen molar-refractivity contribution in [3.8, 4) is 0 Å². The van der Waals surface area contributed by atoms with Crippen LogP contribution in [0.5, 0.6) is 0 Å². The summed E-state index contributed by atoms with van der Waals surface area (Å²) in [5, 5.41) is 16.0. The Bertz CT molecular complexity index is 1500. The highest BCUT2D eigenvalue weighted by molar-refractivity contribution is 5.50. The van der Waals surface area contributed by atoms with Gasteiger partial charge in [-0.05, 0) is 188 Å². The van der Waals surface area contributed by atoms with E-state index in [0.717, 1.165) is 121 Å². The average Bonchev–Trinajstić information content (AvgIpc) is 3.75. The van der Waals surface area contributed by atoms with Crippen LogP contribution in [0, 0.1) is 0 Å². The standard InChI is InChI=1S/C49H90N10O2/c1-42(2)23-33(24-43(3,4)53-42)57(31-37-19-17-21-60-37)39-50-40(58(32-38-20-18-22-61-38)34-25-44(5,6)54-45(7,8)26-34)52-41(51-39)59(35-27-46(9,10)55-47(11,12)28-35)36-29-48(13,14)56-49(15,16)30-36/h33-38,53-56H,17-32H2,1-16H3. The van der Waals surface area contributed by atoms with Crippen LogP contribution in [0.2, 0.25) is 0 Å². The molecule has 348 valence electrons. The van der Waals surface area contributed by atoms with Gasteiger partial charge < -0.3 is 45.4 Å². The summed E-state index contributed by atoms with van der Waals surface area (Å²) in [7, 11) is 0. The van der Waals surface area contributed by atoms with Crippen LogP contribution in [-0.2, 0) is 9.47 Å². The number of piperidine rings is 4. The quantitative estimate of drug-likeness (QED) is 0.174. The van der Waals surface area contributed by atoms with Crippen molar-refractivity contribution in [3.63, 3.8) is 0 Å². The third-order valence-electron chi connectivity index (χ3n) is 14.5. The third kappa shape index (κ3) is 11.9. The number of hydrogen-bond acceptors (Lipinski definition) is 12. The molecule has 12 nitrogen and oxygen atoms in total. The molecule has 0 aromatic carbocycles. The first-order valence-electron chi connectivity index (χ1n) is 24.5. The maximum atomic E-state index is 6.48. The van der Waals surface area contributed by atoms with Crippen molar-refractivity contribution in [1.82, 2.24) is 36.2 Å². The van der Waals surface area contributed by atoms with Gasteiger partial charge in [0.2, 0.25) is 17.8 Å². The van der Waals surface area contributed by atoms with Crippen LogP contribution >= 0.6 is 0 Å². The smallest absolute Gasteiger partial charge is 0.232 e.